The van der Waals surface area contributed by atoms with Crippen LogP contribution in [0.3, 0.4) is 0 Å². The lowest BCUT2D eigenvalue weighted by Crippen LogP contribution is -2.29. The highest BCUT2D eigenvalue weighted by Gasteiger charge is 2.11. The van der Waals surface area contributed by atoms with Crippen molar-refractivity contribution in [2.24, 2.45) is 0 Å². The number of nitrogens with zero attached hydrogens (tertiary/aromatic N) is 1. The van der Waals surface area contributed by atoms with Crippen LogP contribution in [0.4, 0.5) is 5.69 Å². The molecule has 0 saturated carbocycles. The highest BCUT2D eigenvalue weighted by Crippen LogP contribution is 2.25. The summed E-state index contributed by atoms with van der Waals surface area (Å²) in [6, 6.07) is 6.34. The van der Waals surface area contributed by atoms with Gasteiger partial charge in [0.15, 0.2) is 0 Å². The largest absolute Gasteiger partial charge is 0.395 e. The van der Waals surface area contributed by atoms with E-state index in [2.05, 4.69) is 51.3 Å². The Kier molecular flexibility index (Phi) is 9.67. The number of benzene rings is 1. The Labute approximate surface area is 136 Å². The molecule has 0 aliphatic carbocycles. The van der Waals surface area contributed by atoms with Crippen LogP contribution >= 0.6 is 15.9 Å². The number of hydrogen-bond donors (Lipinski definition) is 2. The standard InChI is InChI=1S/C16H27BrN2O2/c1-3-4-8-19(9-10-20)16-12-15(17)6-5-14(16)13-18-7-11-21-2/h5-6,12,18,20H,3-4,7-11,13H2,1-2H3. The highest BCUT2D eigenvalue weighted by atomic mass is 79.9. The number of hydrogen-bond acceptors (Lipinski definition) is 4. The molecule has 0 radical (unpaired) electrons. The molecule has 1 rings (SSSR count). The maximum Gasteiger partial charge on any atom is 0.0606 e. The van der Waals surface area contributed by atoms with Crippen molar-refractivity contribution in [2.45, 2.75) is 26.3 Å². The van der Waals surface area contributed by atoms with Crippen molar-refractivity contribution in [2.75, 3.05) is 44.9 Å². The third-order valence-electron chi connectivity index (χ3n) is 3.34. The second kappa shape index (κ2) is 11.0. The lowest BCUT2D eigenvalue weighted by Gasteiger charge is -2.27. The lowest BCUT2D eigenvalue weighted by molar-refractivity contribution is 0.199. The van der Waals surface area contributed by atoms with Crippen LogP contribution < -0.4 is 10.2 Å². The number of aliphatic hydroxyl groups is 1. The molecule has 0 amide bonds. The van der Waals surface area contributed by atoms with Crippen molar-refractivity contribution < 1.29 is 9.84 Å². The van der Waals surface area contributed by atoms with Gasteiger partial charge in [0.2, 0.25) is 0 Å². The average molecular weight is 359 g/mol. The number of nitrogens with one attached hydrogen (secondary N) is 1. The summed E-state index contributed by atoms with van der Waals surface area (Å²) in [5.41, 5.74) is 2.44. The van der Waals surface area contributed by atoms with Gasteiger partial charge in [0.1, 0.15) is 0 Å². The Bertz CT molecular complexity index is 402. The molecule has 21 heavy (non-hydrogen) atoms. The zero-order chi connectivity index (χ0) is 15.5. The van der Waals surface area contributed by atoms with Gasteiger partial charge in [-0.3, -0.25) is 0 Å². The number of methoxy groups -OCH3 is 1. The highest BCUT2D eigenvalue weighted by molar-refractivity contribution is 9.10. The van der Waals surface area contributed by atoms with Crippen molar-refractivity contribution in [3.63, 3.8) is 0 Å². The summed E-state index contributed by atoms with van der Waals surface area (Å²) in [4.78, 5) is 2.27. The van der Waals surface area contributed by atoms with Crippen LogP contribution in [0.2, 0.25) is 0 Å². The second-order valence-corrected chi connectivity index (χ2v) is 5.92. The van der Waals surface area contributed by atoms with Gasteiger partial charge in [-0.25, -0.2) is 0 Å². The molecule has 0 aliphatic heterocycles. The molecular formula is C16H27BrN2O2. The number of ether oxygens (including phenoxy) is 1. The van der Waals surface area contributed by atoms with Gasteiger partial charge in [-0.1, -0.05) is 35.3 Å². The SMILES string of the molecule is CCCCN(CCO)c1cc(Br)ccc1CNCCOC. The summed E-state index contributed by atoms with van der Waals surface area (Å²) in [6.45, 7) is 6.35. The Hall–Kier alpha value is -0.620. The monoisotopic (exact) mass is 358 g/mol. The predicted molar refractivity (Wildman–Crippen MR) is 91.9 cm³/mol. The van der Waals surface area contributed by atoms with Gasteiger partial charge in [0.25, 0.3) is 0 Å². The topological polar surface area (TPSA) is 44.7 Å². The van der Waals surface area contributed by atoms with Crippen molar-refractivity contribution in [1.82, 2.24) is 5.32 Å². The van der Waals surface area contributed by atoms with Crippen LogP contribution in [0.25, 0.3) is 0 Å². The van der Waals surface area contributed by atoms with E-state index < -0.39 is 0 Å². The van der Waals surface area contributed by atoms with E-state index in [1.165, 1.54) is 11.3 Å². The summed E-state index contributed by atoms with van der Waals surface area (Å²) >= 11 is 3.55. The van der Waals surface area contributed by atoms with E-state index in [1.807, 2.05) is 0 Å². The molecule has 0 fully saturated rings. The fourth-order valence-corrected chi connectivity index (χ4v) is 2.55. The quantitative estimate of drug-likeness (QED) is 0.597. The second-order valence-electron chi connectivity index (χ2n) is 5.01. The summed E-state index contributed by atoms with van der Waals surface area (Å²) < 4.78 is 6.12. The maximum atomic E-state index is 9.32. The zero-order valence-corrected chi connectivity index (χ0v) is 14.7. The van der Waals surface area contributed by atoms with Crippen LogP contribution in [0.1, 0.15) is 25.3 Å². The minimum atomic E-state index is 0.173. The Balaban J connectivity index is 2.81. The molecule has 0 bridgehead atoms. The molecule has 4 nitrogen and oxygen atoms in total. The smallest absolute Gasteiger partial charge is 0.0606 e. The van der Waals surface area contributed by atoms with Gasteiger partial charge >= 0.3 is 0 Å². The lowest BCUT2D eigenvalue weighted by atomic mass is 10.1. The van der Waals surface area contributed by atoms with E-state index in [9.17, 15) is 5.11 Å². The Morgan fingerprint density at radius 1 is 1.33 bits per heavy atom. The Morgan fingerprint density at radius 2 is 2.14 bits per heavy atom. The van der Waals surface area contributed by atoms with Crippen LogP contribution in [-0.4, -0.2) is 45.1 Å². The van der Waals surface area contributed by atoms with Gasteiger partial charge in [-0.05, 0) is 24.1 Å². The van der Waals surface area contributed by atoms with Crippen LogP contribution in [0.15, 0.2) is 22.7 Å². The number of rotatable bonds is 11. The first-order valence-electron chi connectivity index (χ1n) is 7.56. The van der Waals surface area contributed by atoms with E-state index in [0.29, 0.717) is 13.2 Å². The molecule has 1 aromatic rings. The average Bonchev–Trinajstić information content (AvgIpc) is 2.49. The first-order valence-corrected chi connectivity index (χ1v) is 8.36. The molecule has 2 N–H and O–H groups in total. The third-order valence-corrected chi connectivity index (χ3v) is 3.83. The van der Waals surface area contributed by atoms with Gasteiger partial charge in [-0.2, -0.15) is 0 Å². The van der Waals surface area contributed by atoms with E-state index in [4.69, 9.17) is 4.74 Å². The number of aliphatic hydroxyl groups excluding tert-OH is 1. The number of halogens is 1. The van der Waals surface area contributed by atoms with Crippen LogP contribution in [0, 0.1) is 0 Å². The van der Waals surface area contributed by atoms with Crippen LogP contribution in [-0.2, 0) is 11.3 Å². The van der Waals surface area contributed by atoms with E-state index in [1.54, 1.807) is 7.11 Å². The predicted octanol–water partition coefficient (Wildman–Crippen LogP) is 2.78. The van der Waals surface area contributed by atoms with Crippen molar-refractivity contribution in [1.29, 1.82) is 0 Å². The van der Waals surface area contributed by atoms with Gasteiger partial charge in [0, 0.05) is 43.4 Å². The molecule has 0 saturated heterocycles. The van der Waals surface area contributed by atoms with Crippen LogP contribution in [0.5, 0.6) is 0 Å². The molecule has 0 spiro atoms. The van der Waals surface area contributed by atoms with E-state index >= 15 is 0 Å². The van der Waals surface area contributed by atoms with E-state index in [0.717, 1.165) is 36.9 Å². The van der Waals surface area contributed by atoms with Crippen molar-refractivity contribution in [3.8, 4) is 0 Å². The fraction of sp³-hybridized carbons (Fsp3) is 0.625. The maximum absolute atomic E-state index is 9.32. The molecule has 5 heteroatoms. The summed E-state index contributed by atoms with van der Waals surface area (Å²) in [5, 5.41) is 12.7. The van der Waals surface area contributed by atoms with Crippen molar-refractivity contribution >= 4 is 21.6 Å². The van der Waals surface area contributed by atoms with E-state index in [-0.39, 0.29) is 6.61 Å². The molecule has 0 aliphatic rings. The molecule has 1 aromatic carbocycles. The van der Waals surface area contributed by atoms with Gasteiger partial charge < -0.3 is 20.1 Å². The molecule has 120 valence electrons. The van der Waals surface area contributed by atoms with Gasteiger partial charge in [-0.15, -0.1) is 0 Å². The molecular weight excluding hydrogens is 332 g/mol. The Morgan fingerprint density at radius 3 is 2.81 bits per heavy atom. The molecule has 0 unspecified atom stereocenters. The first-order chi connectivity index (χ1) is 10.2. The molecule has 0 aromatic heterocycles. The third kappa shape index (κ3) is 6.78. The minimum absolute atomic E-state index is 0.173. The molecule has 0 heterocycles. The summed E-state index contributed by atoms with van der Waals surface area (Å²) in [5.74, 6) is 0. The minimum Gasteiger partial charge on any atom is -0.395 e. The summed E-state index contributed by atoms with van der Waals surface area (Å²) in [7, 11) is 1.71. The number of anilines is 1. The zero-order valence-electron chi connectivity index (χ0n) is 13.1. The first kappa shape index (κ1) is 18.4. The van der Waals surface area contributed by atoms with Gasteiger partial charge in [0.05, 0.1) is 13.2 Å². The number of unbranched alkanes of at least 4 members (excludes halogenated alkanes) is 1. The fourth-order valence-electron chi connectivity index (χ4n) is 2.20. The molecule has 0 atom stereocenters. The summed E-state index contributed by atoms with van der Waals surface area (Å²) in [6.07, 6.45) is 2.28. The van der Waals surface area contributed by atoms with Crippen molar-refractivity contribution in [3.05, 3.63) is 28.2 Å². The normalized spacial score (nSPS) is 10.9.